The number of hydrogen-bond donors (Lipinski definition) is 0. The Labute approximate surface area is 143 Å². The van der Waals surface area contributed by atoms with Crippen LogP contribution in [0.1, 0.15) is 34.3 Å². The van der Waals surface area contributed by atoms with Crippen molar-refractivity contribution in [3.63, 3.8) is 0 Å². The van der Waals surface area contributed by atoms with E-state index in [9.17, 15) is 9.59 Å². The summed E-state index contributed by atoms with van der Waals surface area (Å²) in [6.45, 7) is 6.28. The normalized spacial score (nSPS) is 23.5. The molecule has 3 aliphatic heterocycles. The van der Waals surface area contributed by atoms with Crippen LogP contribution in [0.2, 0.25) is 0 Å². The SMILES string of the molecule is COCCN1C(=O)[C@@H]2CC[C@H]1CN(C(=O)c1cc(C)ccc1C)C2. The van der Waals surface area contributed by atoms with E-state index in [1.807, 2.05) is 41.8 Å². The number of hydrogen-bond acceptors (Lipinski definition) is 3. The van der Waals surface area contributed by atoms with E-state index in [4.69, 9.17) is 4.74 Å². The second-order valence-corrected chi connectivity index (χ2v) is 6.98. The maximum atomic E-state index is 13.0. The first-order chi connectivity index (χ1) is 11.5. The van der Waals surface area contributed by atoms with Crippen molar-refractivity contribution >= 4 is 11.8 Å². The van der Waals surface area contributed by atoms with Crippen molar-refractivity contribution in [3.8, 4) is 0 Å². The van der Waals surface area contributed by atoms with Gasteiger partial charge in [0.05, 0.1) is 12.5 Å². The zero-order valence-corrected chi connectivity index (χ0v) is 14.7. The van der Waals surface area contributed by atoms with Gasteiger partial charge < -0.3 is 14.5 Å². The molecule has 5 heteroatoms. The van der Waals surface area contributed by atoms with Gasteiger partial charge in [0.1, 0.15) is 0 Å². The van der Waals surface area contributed by atoms with Gasteiger partial charge in [-0.1, -0.05) is 17.7 Å². The molecule has 0 unspecified atom stereocenters. The topological polar surface area (TPSA) is 49.9 Å². The predicted molar refractivity (Wildman–Crippen MR) is 91.9 cm³/mol. The Balaban J connectivity index is 1.82. The number of piperidine rings is 1. The first-order valence-corrected chi connectivity index (χ1v) is 8.67. The van der Waals surface area contributed by atoms with E-state index in [0.717, 1.165) is 29.5 Å². The molecule has 3 heterocycles. The number of ether oxygens (including phenoxy) is 1. The van der Waals surface area contributed by atoms with Gasteiger partial charge in [-0.05, 0) is 38.3 Å². The van der Waals surface area contributed by atoms with Crippen molar-refractivity contribution in [1.82, 2.24) is 9.80 Å². The number of benzene rings is 1. The van der Waals surface area contributed by atoms with Crippen LogP contribution in [0.5, 0.6) is 0 Å². The van der Waals surface area contributed by atoms with Crippen LogP contribution in [-0.2, 0) is 9.53 Å². The van der Waals surface area contributed by atoms with Gasteiger partial charge in [-0.25, -0.2) is 0 Å². The molecule has 2 amide bonds. The average Bonchev–Trinajstić information content (AvgIpc) is 2.86. The van der Waals surface area contributed by atoms with E-state index in [1.165, 1.54) is 0 Å². The van der Waals surface area contributed by atoms with E-state index in [-0.39, 0.29) is 23.8 Å². The molecule has 1 aromatic carbocycles. The summed E-state index contributed by atoms with van der Waals surface area (Å²) in [5, 5.41) is 0. The van der Waals surface area contributed by atoms with Crippen LogP contribution in [0.3, 0.4) is 0 Å². The third-order valence-corrected chi connectivity index (χ3v) is 5.24. The Bertz CT molecular complexity index is 643. The van der Waals surface area contributed by atoms with Crippen LogP contribution < -0.4 is 0 Å². The highest BCUT2D eigenvalue weighted by Gasteiger charge is 2.41. The lowest BCUT2D eigenvalue weighted by molar-refractivity contribution is -0.140. The minimum Gasteiger partial charge on any atom is -0.383 e. The second-order valence-electron chi connectivity index (χ2n) is 6.98. The maximum absolute atomic E-state index is 13.0. The van der Waals surface area contributed by atoms with Crippen molar-refractivity contribution in [3.05, 3.63) is 34.9 Å². The number of fused-ring (bicyclic) bond motifs is 4. The quantitative estimate of drug-likeness (QED) is 0.848. The first-order valence-electron chi connectivity index (χ1n) is 8.67. The maximum Gasteiger partial charge on any atom is 0.254 e. The average molecular weight is 330 g/mol. The van der Waals surface area contributed by atoms with Crippen molar-refractivity contribution < 1.29 is 14.3 Å². The van der Waals surface area contributed by atoms with Crippen LogP contribution in [0.4, 0.5) is 0 Å². The summed E-state index contributed by atoms with van der Waals surface area (Å²) in [6.07, 6.45) is 1.85. The lowest BCUT2D eigenvalue weighted by Gasteiger charge is -2.35. The molecular formula is C19H26N2O3. The fraction of sp³-hybridized carbons (Fsp3) is 0.579. The molecule has 0 radical (unpaired) electrons. The summed E-state index contributed by atoms with van der Waals surface area (Å²) in [5.74, 6) is 0.156. The first kappa shape index (κ1) is 17.0. The standard InChI is InChI=1S/C19H26N2O3/c1-13-4-5-14(2)17(10-13)19(23)20-11-15-6-7-16(12-20)21(18(15)22)8-9-24-3/h4-5,10,15-16H,6-9,11-12H2,1-3H3/t15-,16+/m1/s1. The van der Waals surface area contributed by atoms with E-state index < -0.39 is 0 Å². The molecule has 0 saturated carbocycles. The van der Waals surface area contributed by atoms with Crippen LogP contribution in [0.25, 0.3) is 0 Å². The molecule has 3 fully saturated rings. The number of nitrogens with zero attached hydrogens (tertiary/aromatic N) is 2. The summed E-state index contributed by atoms with van der Waals surface area (Å²) < 4.78 is 5.14. The zero-order valence-electron chi connectivity index (χ0n) is 14.7. The van der Waals surface area contributed by atoms with Gasteiger partial charge in [0.2, 0.25) is 5.91 Å². The van der Waals surface area contributed by atoms with Crippen molar-refractivity contribution in [2.75, 3.05) is 33.4 Å². The van der Waals surface area contributed by atoms with Crippen LogP contribution in [0, 0.1) is 19.8 Å². The van der Waals surface area contributed by atoms with E-state index in [1.54, 1.807) is 7.11 Å². The highest BCUT2D eigenvalue weighted by Crippen LogP contribution is 2.30. The predicted octanol–water partition coefficient (Wildman–Crippen LogP) is 2.01. The number of aryl methyl sites for hydroxylation is 2. The van der Waals surface area contributed by atoms with Crippen LogP contribution >= 0.6 is 0 Å². The van der Waals surface area contributed by atoms with Gasteiger partial charge in [-0.15, -0.1) is 0 Å². The van der Waals surface area contributed by atoms with Gasteiger partial charge in [0.15, 0.2) is 0 Å². The summed E-state index contributed by atoms with van der Waals surface area (Å²) >= 11 is 0. The summed E-state index contributed by atoms with van der Waals surface area (Å²) in [5.41, 5.74) is 2.83. The molecule has 130 valence electrons. The molecule has 0 N–H and O–H groups in total. The van der Waals surface area contributed by atoms with Crippen molar-refractivity contribution in [1.29, 1.82) is 0 Å². The van der Waals surface area contributed by atoms with Crippen molar-refractivity contribution in [2.24, 2.45) is 5.92 Å². The summed E-state index contributed by atoms with van der Waals surface area (Å²) in [6, 6.07) is 6.08. The Kier molecular flexibility index (Phi) is 4.90. The molecule has 2 atom stereocenters. The Morgan fingerprint density at radius 2 is 2.04 bits per heavy atom. The third-order valence-electron chi connectivity index (χ3n) is 5.24. The molecular weight excluding hydrogens is 304 g/mol. The van der Waals surface area contributed by atoms with Crippen LogP contribution in [-0.4, -0.2) is 61.0 Å². The van der Waals surface area contributed by atoms with E-state index in [0.29, 0.717) is 26.2 Å². The Morgan fingerprint density at radius 1 is 1.25 bits per heavy atom. The lowest BCUT2D eigenvalue weighted by Crippen LogP contribution is -2.49. The second kappa shape index (κ2) is 6.93. The highest BCUT2D eigenvalue weighted by molar-refractivity contribution is 5.96. The fourth-order valence-electron chi connectivity index (χ4n) is 3.83. The summed E-state index contributed by atoms with van der Waals surface area (Å²) in [7, 11) is 1.65. The number of rotatable bonds is 4. The number of carbonyl (C=O) groups excluding carboxylic acids is 2. The largest absolute Gasteiger partial charge is 0.383 e. The summed E-state index contributed by atoms with van der Waals surface area (Å²) in [4.78, 5) is 29.5. The molecule has 0 aliphatic carbocycles. The van der Waals surface area contributed by atoms with Gasteiger partial charge in [0, 0.05) is 38.3 Å². The lowest BCUT2D eigenvalue weighted by atomic mass is 9.94. The molecule has 3 saturated heterocycles. The Hall–Kier alpha value is -1.88. The van der Waals surface area contributed by atoms with Gasteiger partial charge in [0.25, 0.3) is 5.91 Å². The number of methoxy groups -OCH3 is 1. The smallest absolute Gasteiger partial charge is 0.254 e. The molecule has 2 bridgehead atoms. The van der Waals surface area contributed by atoms with Crippen molar-refractivity contribution in [2.45, 2.75) is 32.7 Å². The fourth-order valence-corrected chi connectivity index (χ4v) is 3.83. The monoisotopic (exact) mass is 330 g/mol. The minimum atomic E-state index is -0.0744. The molecule has 0 aromatic heterocycles. The van der Waals surface area contributed by atoms with Gasteiger partial charge in [-0.3, -0.25) is 9.59 Å². The zero-order chi connectivity index (χ0) is 17.3. The Morgan fingerprint density at radius 3 is 2.79 bits per heavy atom. The molecule has 24 heavy (non-hydrogen) atoms. The molecule has 4 rings (SSSR count). The molecule has 0 spiro atoms. The number of carbonyl (C=O) groups is 2. The van der Waals surface area contributed by atoms with E-state index in [2.05, 4.69) is 0 Å². The molecule has 5 nitrogen and oxygen atoms in total. The minimum absolute atomic E-state index is 0.0505. The number of amides is 2. The molecule has 3 aliphatic rings. The van der Waals surface area contributed by atoms with E-state index >= 15 is 0 Å². The van der Waals surface area contributed by atoms with Gasteiger partial charge >= 0.3 is 0 Å². The van der Waals surface area contributed by atoms with Crippen LogP contribution in [0.15, 0.2) is 18.2 Å². The van der Waals surface area contributed by atoms with Gasteiger partial charge in [-0.2, -0.15) is 0 Å². The third kappa shape index (κ3) is 3.18. The molecule has 1 aromatic rings. The highest BCUT2D eigenvalue weighted by atomic mass is 16.5.